The fourth-order valence-corrected chi connectivity index (χ4v) is 1.26. The lowest BCUT2D eigenvalue weighted by Gasteiger charge is -2.12. The molecule has 17 heavy (non-hydrogen) atoms. The van der Waals surface area contributed by atoms with Gasteiger partial charge in [-0.2, -0.15) is 13.2 Å². The maximum absolute atomic E-state index is 12.5. The molecular weight excluding hydrogens is 239 g/mol. The Bertz CT molecular complexity index is 429. The first-order chi connectivity index (χ1) is 7.93. The number of ether oxygens (including phenoxy) is 2. The summed E-state index contributed by atoms with van der Waals surface area (Å²) in [6, 6.07) is 3.51. The number of halogens is 3. The molecule has 0 radical (unpaired) electrons. The number of benzene rings is 1. The zero-order valence-corrected chi connectivity index (χ0v) is 9.08. The fraction of sp³-hybridized carbons (Fsp3) is 0.300. The molecule has 1 N–H and O–H groups in total. The molecule has 0 aliphatic rings. The van der Waals surface area contributed by atoms with Crippen LogP contribution in [-0.2, 0) is 0 Å². The summed E-state index contributed by atoms with van der Waals surface area (Å²) >= 11 is 0. The van der Waals surface area contributed by atoms with Crippen LogP contribution in [0, 0.1) is 0 Å². The number of hydrogen-bond acceptors (Lipinski definition) is 4. The average Bonchev–Trinajstić information content (AvgIpc) is 2.27. The third-order valence-corrected chi connectivity index (χ3v) is 2.03. The quantitative estimate of drug-likeness (QED) is 0.508. The summed E-state index contributed by atoms with van der Waals surface area (Å²) < 4.78 is 47.1. The Balaban J connectivity index is 3.24. The third kappa shape index (κ3) is 2.80. The Morgan fingerprint density at radius 3 is 2.18 bits per heavy atom. The van der Waals surface area contributed by atoms with Crippen molar-refractivity contribution < 1.29 is 27.9 Å². The van der Waals surface area contributed by atoms with E-state index < -0.39 is 11.9 Å². The smallest absolute Gasteiger partial charge is 0.437 e. The van der Waals surface area contributed by atoms with Gasteiger partial charge in [-0.25, -0.2) is 0 Å². The molecule has 0 aliphatic heterocycles. The lowest BCUT2D eigenvalue weighted by molar-refractivity contribution is -0.0601. The van der Waals surface area contributed by atoms with Crippen molar-refractivity contribution in [2.24, 2.45) is 5.16 Å². The molecule has 0 saturated heterocycles. The summed E-state index contributed by atoms with van der Waals surface area (Å²) in [5.74, 6) is 0.408. The number of oxime groups is 1. The standard InChI is InChI=1S/C10H10F3NO3/c1-16-7-4-3-6(5-8(7)17-2)9(14-15)10(11,12)13/h3-5,15H,1-2H3. The van der Waals surface area contributed by atoms with E-state index in [9.17, 15) is 13.2 Å². The van der Waals surface area contributed by atoms with Crippen LogP contribution >= 0.6 is 0 Å². The van der Waals surface area contributed by atoms with Crippen molar-refractivity contribution in [3.63, 3.8) is 0 Å². The second-order valence-electron chi connectivity index (χ2n) is 3.02. The molecule has 0 amide bonds. The highest BCUT2D eigenvalue weighted by atomic mass is 19.4. The molecular formula is C10H10F3NO3. The molecule has 1 aromatic rings. The monoisotopic (exact) mass is 249 g/mol. The maximum Gasteiger partial charge on any atom is 0.437 e. The predicted molar refractivity (Wildman–Crippen MR) is 53.9 cm³/mol. The van der Waals surface area contributed by atoms with Gasteiger partial charge in [0.2, 0.25) is 0 Å². The lowest BCUT2D eigenvalue weighted by Crippen LogP contribution is -2.24. The van der Waals surface area contributed by atoms with Crippen molar-refractivity contribution in [1.82, 2.24) is 0 Å². The third-order valence-electron chi connectivity index (χ3n) is 2.03. The number of rotatable bonds is 3. The SMILES string of the molecule is COc1ccc(C(=NO)C(F)(F)F)cc1OC. The van der Waals surface area contributed by atoms with Gasteiger partial charge in [0.25, 0.3) is 0 Å². The Hall–Kier alpha value is -1.92. The van der Waals surface area contributed by atoms with E-state index in [1.165, 1.54) is 20.3 Å². The normalized spacial score (nSPS) is 12.4. The van der Waals surface area contributed by atoms with Crippen molar-refractivity contribution in [2.45, 2.75) is 6.18 Å². The Morgan fingerprint density at radius 1 is 1.18 bits per heavy atom. The van der Waals surface area contributed by atoms with Crippen LogP contribution in [0.25, 0.3) is 0 Å². The van der Waals surface area contributed by atoms with E-state index in [1.807, 2.05) is 0 Å². The van der Waals surface area contributed by atoms with Gasteiger partial charge in [-0.05, 0) is 18.2 Å². The molecule has 1 aromatic carbocycles. The fourth-order valence-electron chi connectivity index (χ4n) is 1.26. The number of methoxy groups -OCH3 is 2. The lowest BCUT2D eigenvalue weighted by atomic mass is 10.1. The molecule has 7 heteroatoms. The molecule has 0 bridgehead atoms. The molecule has 0 spiro atoms. The molecule has 1 rings (SSSR count). The number of nitrogens with zero attached hydrogens (tertiary/aromatic N) is 1. The average molecular weight is 249 g/mol. The van der Waals surface area contributed by atoms with Crippen LogP contribution < -0.4 is 9.47 Å². The van der Waals surface area contributed by atoms with Gasteiger partial charge < -0.3 is 14.7 Å². The second kappa shape index (κ2) is 4.94. The highest BCUT2D eigenvalue weighted by Crippen LogP contribution is 2.30. The van der Waals surface area contributed by atoms with Gasteiger partial charge in [-0.1, -0.05) is 5.16 Å². The topological polar surface area (TPSA) is 51.0 Å². The van der Waals surface area contributed by atoms with Gasteiger partial charge >= 0.3 is 6.18 Å². The second-order valence-corrected chi connectivity index (χ2v) is 3.02. The Labute approximate surface area is 95.3 Å². The first kappa shape index (κ1) is 13.1. The van der Waals surface area contributed by atoms with Crippen molar-refractivity contribution >= 4 is 5.71 Å². The molecule has 0 saturated carbocycles. The van der Waals surface area contributed by atoms with Gasteiger partial charge in [-0.3, -0.25) is 0 Å². The van der Waals surface area contributed by atoms with Gasteiger partial charge in [0.1, 0.15) is 0 Å². The minimum absolute atomic E-state index is 0.121. The minimum atomic E-state index is -4.74. The summed E-state index contributed by atoms with van der Waals surface area (Å²) in [6.07, 6.45) is -4.74. The van der Waals surface area contributed by atoms with E-state index in [1.54, 1.807) is 0 Å². The maximum atomic E-state index is 12.5. The van der Waals surface area contributed by atoms with Crippen molar-refractivity contribution in [3.05, 3.63) is 23.8 Å². The van der Waals surface area contributed by atoms with Crippen LogP contribution in [-0.4, -0.2) is 31.3 Å². The van der Waals surface area contributed by atoms with E-state index in [0.717, 1.165) is 12.1 Å². The molecule has 0 heterocycles. The van der Waals surface area contributed by atoms with Crippen LogP contribution in [0.3, 0.4) is 0 Å². The van der Waals surface area contributed by atoms with E-state index >= 15 is 0 Å². The molecule has 4 nitrogen and oxygen atoms in total. The number of hydrogen-bond donors (Lipinski definition) is 1. The molecule has 0 atom stereocenters. The highest BCUT2D eigenvalue weighted by molar-refractivity contribution is 6.04. The van der Waals surface area contributed by atoms with E-state index in [0.29, 0.717) is 0 Å². The Morgan fingerprint density at radius 2 is 1.76 bits per heavy atom. The molecule has 0 unspecified atom stereocenters. The van der Waals surface area contributed by atoms with E-state index in [4.69, 9.17) is 14.7 Å². The first-order valence-electron chi connectivity index (χ1n) is 4.45. The summed E-state index contributed by atoms with van der Waals surface area (Å²) in [6.45, 7) is 0. The van der Waals surface area contributed by atoms with Gasteiger partial charge in [0, 0.05) is 5.56 Å². The first-order valence-corrected chi connectivity index (χ1v) is 4.45. The van der Waals surface area contributed by atoms with Crippen LogP contribution in [0.4, 0.5) is 13.2 Å². The van der Waals surface area contributed by atoms with Crippen molar-refractivity contribution in [1.29, 1.82) is 0 Å². The zero-order chi connectivity index (χ0) is 13.1. The summed E-state index contributed by atoms with van der Waals surface area (Å²) in [7, 11) is 2.66. The minimum Gasteiger partial charge on any atom is -0.493 e. The van der Waals surface area contributed by atoms with Crippen LogP contribution in [0.2, 0.25) is 0 Å². The van der Waals surface area contributed by atoms with E-state index in [2.05, 4.69) is 5.16 Å². The molecule has 0 fully saturated rings. The van der Waals surface area contributed by atoms with Gasteiger partial charge in [0.05, 0.1) is 14.2 Å². The van der Waals surface area contributed by atoms with Gasteiger partial charge in [-0.15, -0.1) is 0 Å². The van der Waals surface area contributed by atoms with Crippen molar-refractivity contribution in [3.8, 4) is 11.5 Å². The summed E-state index contributed by atoms with van der Waals surface area (Å²) in [5.41, 5.74) is -1.70. The van der Waals surface area contributed by atoms with E-state index in [-0.39, 0.29) is 17.1 Å². The predicted octanol–water partition coefficient (Wildman–Crippen LogP) is 2.44. The Kier molecular flexibility index (Phi) is 3.82. The molecule has 94 valence electrons. The molecule has 0 aliphatic carbocycles. The summed E-state index contributed by atoms with van der Waals surface area (Å²) in [5, 5.41) is 10.7. The summed E-state index contributed by atoms with van der Waals surface area (Å²) in [4.78, 5) is 0. The van der Waals surface area contributed by atoms with Gasteiger partial charge in [0.15, 0.2) is 17.2 Å². The number of alkyl halides is 3. The molecule has 0 aromatic heterocycles. The van der Waals surface area contributed by atoms with Crippen LogP contribution in [0.15, 0.2) is 23.4 Å². The largest absolute Gasteiger partial charge is 0.493 e. The van der Waals surface area contributed by atoms with Crippen molar-refractivity contribution in [2.75, 3.05) is 14.2 Å². The van der Waals surface area contributed by atoms with Crippen LogP contribution in [0.5, 0.6) is 11.5 Å². The van der Waals surface area contributed by atoms with Crippen LogP contribution in [0.1, 0.15) is 5.56 Å². The zero-order valence-electron chi connectivity index (χ0n) is 9.08. The highest BCUT2D eigenvalue weighted by Gasteiger charge is 2.38.